The van der Waals surface area contributed by atoms with E-state index in [0.29, 0.717) is 17.1 Å². The van der Waals surface area contributed by atoms with Gasteiger partial charge in [0, 0.05) is 5.66 Å². The van der Waals surface area contributed by atoms with E-state index in [2.05, 4.69) is 0 Å². The predicted molar refractivity (Wildman–Crippen MR) is 78.4 cm³/mol. The fraction of sp³-hybridized carbons (Fsp3) is 0.533. The van der Waals surface area contributed by atoms with Crippen molar-refractivity contribution in [1.29, 1.82) is 0 Å². The molecule has 20 heavy (non-hydrogen) atoms. The molecule has 0 saturated heterocycles. The summed E-state index contributed by atoms with van der Waals surface area (Å²) in [4.78, 5) is 12.6. The van der Waals surface area contributed by atoms with Crippen LogP contribution < -0.4 is 9.47 Å². The predicted octanol–water partition coefficient (Wildman–Crippen LogP) is 4.00. The summed E-state index contributed by atoms with van der Waals surface area (Å²) in [6, 6.07) is 5.14. The number of hydrogen-bond acceptors (Lipinski definition) is 4. The number of hydrogen-bond donors (Lipinski definition) is 0. The van der Waals surface area contributed by atoms with Gasteiger partial charge in [0.2, 0.25) is 5.52 Å². The van der Waals surface area contributed by atoms with E-state index < -0.39 is 7.80 Å². The number of methoxy groups -OCH3 is 2. The summed E-state index contributed by atoms with van der Waals surface area (Å²) in [7, 11) is 1.07. The summed E-state index contributed by atoms with van der Waals surface area (Å²) in [6.45, 7) is 0. The van der Waals surface area contributed by atoms with Gasteiger partial charge < -0.3 is 9.47 Å². The van der Waals surface area contributed by atoms with Crippen LogP contribution in [0.1, 0.15) is 42.5 Å². The Morgan fingerprint density at radius 3 is 2.15 bits per heavy atom. The Morgan fingerprint density at radius 1 is 1.10 bits per heavy atom. The molecule has 0 aromatic heterocycles. The van der Waals surface area contributed by atoms with E-state index in [9.17, 15) is 9.36 Å². The van der Waals surface area contributed by atoms with E-state index >= 15 is 0 Å². The van der Waals surface area contributed by atoms with Gasteiger partial charge in [0.1, 0.15) is 24.9 Å². The maximum Gasteiger partial charge on any atom is 0.249 e. The number of benzene rings is 1. The van der Waals surface area contributed by atoms with Crippen molar-refractivity contribution in [2.45, 2.75) is 37.8 Å². The van der Waals surface area contributed by atoms with Gasteiger partial charge in [0.25, 0.3) is 0 Å². The Kier molecular flexibility index (Phi) is 5.13. The second kappa shape index (κ2) is 6.85. The van der Waals surface area contributed by atoms with E-state index in [1.165, 1.54) is 20.6 Å². The Bertz CT molecular complexity index is 484. The molecule has 0 bridgehead atoms. The third-order valence-electron chi connectivity index (χ3n) is 3.75. The van der Waals surface area contributed by atoms with Gasteiger partial charge in [-0.25, -0.2) is 0 Å². The normalized spacial score (nSPS) is 16.6. The van der Waals surface area contributed by atoms with Crippen molar-refractivity contribution in [3.63, 3.8) is 0 Å². The first-order valence-electron chi connectivity index (χ1n) is 6.90. The molecule has 0 aliphatic heterocycles. The van der Waals surface area contributed by atoms with Gasteiger partial charge in [0.05, 0.1) is 14.2 Å². The Balaban J connectivity index is 2.30. The molecule has 1 radical (unpaired) electrons. The standard InChI is InChI=1S/C15H20O4P/c1-18-12-9-6-10-13(19-2)14(12)15(16)20(17)11-7-4-3-5-8-11/h6,9-11H,3-5,7-8H2,1-2H3. The summed E-state index contributed by atoms with van der Waals surface area (Å²) in [6.07, 6.45) is 5.03. The average Bonchev–Trinajstić information content (AvgIpc) is 2.53. The van der Waals surface area contributed by atoms with Gasteiger partial charge in [-0.1, -0.05) is 25.3 Å². The van der Waals surface area contributed by atoms with E-state index in [4.69, 9.17) is 9.47 Å². The van der Waals surface area contributed by atoms with Gasteiger partial charge in [-0.15, -0.1) is 0 Å². The average molecular weight is 295 g/mol. The largest absolute Gasteiger partial charge is 0.496 e. The molecule has 2 rings (SSSR count). The second-order valence-corrected chi connectivity index (χ2v) is 6.75. The molecule has 1 aliphatic rings. The lowest BCUT2D eigenvalue weighted by Gasteiger charge is -2.20. The number of carbonyl (C=O) groups excluding carboxylic acids is 1. The summed E-state index contributed by atoms with van der Waals surface area (Å²) in [5.41, 5.74) is -0.0359. The first kappa shape index (κ1) is 15.0. The molecule has 5 heteroatoms. The minimum atomic E-state index is -1.93. The molecular weight excluding hydrogens is 275 g/mol. The highest BCUT2D eigenvalue weighted by atomic mass is 31.1. The van der Waals surface area contributed by atoms with E-state index in [0.717, 1.165) is 25.7 Å². The molecule has 0 heterocycles. The fourth-order valence-corrected chi connectivity index (χ4v) is 4.26. The van der Waals surface area contributed by atoms with Crippen LogP contribution in [-0.2, 0) is 4.57 Å². The lowest BCUT2D eigenvalue weighted by atomic mass is 10.0. The molecule has 1 aliphatic carbocycles. The zero-order valence-corrected chi connectivity index (χ0v) is 12.8. The summed E-state index contributed by atoms with van der Waals surface area (Å²) in [5.74, 6) is 0.849. The maximum absolute atomic E-state index is 12.6. The minimum Gasteiger partial charge on any atom is -0.496 e. The molecule has 4 nitrogen and oxygen atoms in total. The smallest absolute Gasteiger partial charge is 0.249 e. The van der Waals surface area contributed by atoms with Crippen LogP contribution in [0.25, 0.3) is 0 Å². The van der Waals surface area contributed by atoms with E-state index in [1.807, 2.05) is 0 Å². The molecule has 1 atom stereocenters. The maximum atomic E-state index is 12.6. The third kappa shape index (κ3) is 3.01. The fourth-order valence-electron chi connectivity index (χ4n) is 2.65. The van der Waals surface area contributed by atoms with Gasteiger partial charge in [-0.05, 0) is 25.0 Å². The highest BCUT2D eigenvalue weighted by Crippen LogP contribution is 2.44. The van der Waals surface area contributed by atoms with Crippen LogP contribution in [0.4, 0.5) is 0 Å². The molecule has 1 aromatic carbocycles. The van der Waals surface area contributed by atoms with Crippen molar-refractivity contribution in [2.75, 3.05) is 14.2 Å². The Labute approximate surface area is 120 Å². The van der Waals surface area contributed by atoms with Gasteiger partial charge in [-0.3, -0.25) is 9.36 Å². The summed E-state index contributed by atoms with van der Waals surface area (Å²) in [5, 5.41) is 0. The molecule has 0 N–H and O–H groups in total. The van der Waals surface area contributed by atoms with Crippen molar-refractivity contribution in [2.24, 2.45) is 0 Å². The van der Waals surface area contributed by atoms with Gasteiger partial charge >= 0.3 is 0 Å². The zero-order valence-electron chi connectivity index (χ0n) is 11.9. The molecule has 0 amide bonds. The molecule has 1 unspecified atom stereocenters. The molecule has 1 saturated carbocycles. The van der Waals surface area contributed by atoms with Gasteiger partial charge in [-0.2, -0.15) is 0 Å². The SMILES string of the molecule is COc1cccc(OC)c1C(=O)[P](=O)C1CCCCC1. The molecule has 1 aromatic rings. The Morgan fingerprint density at radius 2 is 1.65 bits per heavy atom. The van der Waals surface area contributed by atoms with E-state index in [-0.39, 0.29) is 11.2 Å². The van der Waals surface area contributed by atoms with Crippen LogP contribution in [0.2, 0.25) is 0 Å². The van der Waals surface area contributed by atoms with Crippen molar-refractivity contribution in [3.05, 3.63) is 23.8 Å². The summed E-state index contributed by atoms with van der Waals surface area (Å²) >= 11 is 0. The first-order chi connectivity index (χ1) is 9.69. The number of ether oxygens (including phenoxy) is 2. The van der Waals surface area contributed by atoms with Gasteiger partial charge in [0.15, 0.2) is 0 Å². The van der Waals surface area contributed by atoms with Crippen LogP contribution in [-0.4, -0.2) is 25.4 Å². The minimum absolute atomic E-state index is 0.000804. The Hall–Kier alpha value is -1.41. The van der Waals surface area contributed by atoms with Crippen LogP contribution in [0.5, 0.6) is 11.5 Å². The zero-order chi connectivity index (χ0) is 14.5. The lowest BCUT2D eigenvalue weighted by molar-refractivity contribution is 0.107. The van der Waals surface area contributed by atoms with Crippen LogP contribution in [0, 0.1) is 0 Å². The second-order valence-electron chi connectivity index (χ2n) is 4.96. The molecule has 0 spiro atoms. The quantitative estimate of drug-likeness (QED) is 0.770. The molecule has 109 valence electrons. The third-order valence-corrected chi connectivity index (χ3v) is 5.55. The van der Waals surface area contributed by atoms with Crippen LogP contribution >= 0.6 is 7.80 Å². The topological polar surface area (TPSA) is 52.6 Å². The highest BCUT2D eigenvalue weighted by Gasteiger charge is 2.30. The summed E-state index contributed by atoms with van der Waals surface area (Å²) < 4.78 is 23.0. The van der Waals surface area contributed by atoms with Crippen molar-refractivity contribution < 1.29 is 18.8 Å². The lowest BCUT2D eigenvalue weighted by Crippen LogP contribution is -2.12. The van der Waals surface area contributed by atoms with Crippen LogP contribution in [0.15, 0.2) is 18.2 Å². The first-order valence-corrected chi connectivity index (χ1v) is 8.23. The van der Waals surface area contributed by atoms with E-state index in [1.54, 1.807) is 18.2 Å². The van der Waals surface area contributed by atoms with Crippen LogP contribution in [0.3, 0.4) is 0 Å². The highest BCUT2D eigenvalue weighted by molar-refractivity contribution is 7.65. The number of rotatable bonds is 5. The van der Waals surface area contributed by atoms with Crippen molar-refractivity contribution in [1.82, 2.24) is 0 Å². The molecular formula is C15H20O4P. The van der Waals surface area contributed by atoms with Crippen molar-refractivity contribution in [3.8, 4) is 11.5 Å². The monoisotopic (exact) mass is 295 g/mol. The number of carbonyl (C=O) groups is 1. The molecule has 1 fully saturated rings. The van der Waals surface area contributed by atoms with Crippen molar-refractivity contribution >= 4 is 13.3 Å².